The Kier molecular flexibility index (Phi) is 13.6. The van der Waals surface area contributed by atoms with Crippen LogP contribution in [0.2, 0.25) is 0 Å². The third-order valence-electron chi connectivity index (χ3n) is 5.82. The molecule has 0 saturated heterocycles. The average molecular weight is 407 g/mol. The number of carbonyl (C=O) groups is 1. The Balaban J connectivity index is 2.06. The van der Waals surface area contributed by atoms with Crippen molar-refractivity contribution in [2.75, 3.05) is 6.54 Å². The predicted octanol–water partition coefficient (Wildman–Crippen LogP) is 6.11. The van der Waals surface area contributed by atoms with Crippen LogP contribution in [0, 0.1) is 0 Å². The van der Waals surface area contributed by atoms with Crippen LogP contribution in [-0.2, 0) is 4.79 Å². The maximum atomic E-state index is 11.3. The molecule has 0 aromatic carbocycles. The Morgan fingerprint density at radius 3 is 2.14 bits per heavy atom. The van der Waals surface area contributed by atoms with Gasteiger partial charge in [-0.15, -0.1) is 0 Å². The summed E-state index contributed by atoms with van der Waals surface area (Å²) in [6.07, 6.45) is 25.4. The van der Waals surface area contributed by atoms with Crippen molar-refractivity contribution in [3.05, 3.63) is 24.6 Å². The highest BCUT2D eigenvalue weighted by atomic mass is 16.4. The van der Waals surface area contributed by atoms with Crippen molar-refractivity contribution in [2.24, 2.45) is 10.7 Å². The van der Waals surface area contributed by atoms with E-state index in [-0.39, 0.29) is 17.2 Å². The number of rotatable bonds is 18. The van der Waals surface area contributed by atoms with Gasteiger partial charge in [-0.3, -0.25) is 5.73 Å². The van der Waals surface area contributed by atoms with Gasteiger partial charge in [-0.2, -0.15) is 0 Å². The van der Waals surface area contributed by atoms with Gasteiger partial charge in [0.25, 0.3) is 0 Å². The molecule has 0 bridgehead atoms. The second kappa shape index (κ2) is 15.4. The summed E-state index contributed by atoms with van der Waals surface area (Å²) in [6.45, 7) is 4.09. The maximum Gasteiger partial charge on any atom is 0.360 e. The number of carboxylic acids is 1. The highest BCUT2D eigenvalue weighted by Crippen LogP contribution is 2.23. The van der Waals surface area contributed by atoms with Crippen LogP contribution in [0.5, 0.6) is 0 Å². The number of quaternary nitrogens is 1. The number of unbranched alkanes of at least 4 members (excludes halogenated alkanes) is 11. The zero-order chi connectivity index (χ0) is 21.4. The van der Waals surface area contributed by atoms with Crippen LogP contribution in [0.4, 0.5) is 0 Å². The molecule has 0 aromatic heterocycles. The molecule has 0 saturated carbocycles. The van der Waals surface area contributed by atoms with Crippen LogP contribution in [-0.4, -0.2) is 34.1 Å². The summed E-state index contributed by atoms with van der Waals surface area (Å²) in [7, 11) is 0. The van der Waals surface area contributed by atoms with Crippen LogP contribution in [0.25, 0.3) is 0 Å². The lowest BCUT2D eigenvalue weighted by atomic mass is 10.1. The Labute approximate surface area is 178 Å². The van der Waals surface area contributed by atoms with E-state index in [9.17, 15) is 9.90 Å². The summed E-state index contributed by atoms with van der Waals surface area (Å²) < 4.78 is 0.161. The van der Waals surface area contributed by atoms with Gasteiger partial charge in [0.1, 0.15) is 12.4 Å². The summed E-state index contributed by atoms with van der Waals surface area (Å²) in [6, 6.07) is 0. The van der Waals surface area contributed by atoms with Gasteiger partial charge in [0.05, 0.1) is 6.20 Å². The standard InChI is InChI=1S/C24H43N3O2/c1-3-4-5-6-7-8-9-10-11-12-13-14-15-16-17-18-23-26-19-20-27(23,22(2)25)21-24(28)29/h12-13,19-20,22H,3-11,14-18,21,25H2,1-2H3/p+1/b13-12+. The largest absolute Gasteiger partial charge is 0.477 e. The van der Waals surface area contributed by atoms with Crippen LogP contribution >= 0.6 is 0 Å². The third-order valence-corrected chi connectivity index (χ3v) is 5.82. The number of hydrogen-bond acceptors (Lipinski definition) is 3. The monoisotopic (exact) mass is 406 g/mol. The lowest BCUT2D eigenvalue weighted by molar-refractivity contribution is -0.805. The molecule has 166 valence electrons. The number of aliphatic carboxylic acids is 1. The number of allylic oxidation sites excluding steroid dienone is 2. The molecule has 1 aliphatic rings. The summed E-state index contributed by atoms with van der Waals surface area (Å²) in [5.41, 5.74) is 6.09. The molecule has 2 atom stereocenters. The van der Waals surface area contributed by atoms with Gasteiger partial charge in [0.2, 0.25) is 5.84 Å². The van der Waals surface area contributed by atoms with Crippen molar-refractivity contribution in [3.8, 4) is 0 Å². The quantitative estimate of drug-likeness (QED) is 0.164. The minimum absolute atomic E-state index is 0.0333. The van der Waals surface area contributed by atoms with Gasteiger partial charge in [-0.25, -0.2) is 14.3 Å². The normalized spacial score (nSPS) is 19.8. The summed E-state index contributed by atoms with van der Waals surface area (Å²) in [5.74, 6) is 0.0378. The molecular formula is C24H44N3O2+. The lowest BCUT2D eigenvalue weighted by Crippen LogP contribution is -2.59. The molecule has 0 spiro atoms. The molecular weight excluding hydrogens is 362 g/mol. The van der Waals surface area contributed by atoms with Crippen molar-refractivity contribution in [3.63, 3.8) is 0 Å². The molecule has 0 aliphatic carbocycles. The molecule has 3 N–H and O–H groups in total. The fourth-order valence-corrected chi connectivity index (χ4v) is 3.94. The summed E-state index contributed by atoms with van der Waals surface area (Å²) in [4.78, 5) is 15.7. The molecule has 2 unspecified atom stereocenters. The van der Waals surface area contributed by atoms with E-state index in [2.05, 4.69) is 24.1 Å². The fraction of sp³-hybridized carbons (Fsp3) is 0.750. The van der Waals surface area contributed by atoms with Crippen LogP contribution in [0.3, 0.4) is 0 Å². The first-order valence-corrected chi connectivity index (χ1v) is 11.8. The number of hydrogen-bond donors (Lipinski definition) is 2. The molecule has 5 heteroatoms. The van der Waals surface area contributed by atoms with Gasteiger partial charge in [0, 0.05) is 13.3 Å². The summed E-state index contributed by atoms with van der Waals surface area (Å²) in [5, 5.41) is 9.24. The van der Waals surface area contributed by atoms with Gasteiger partial charge in [0.15, 0.2) is 6.54 Å². The lowest BCUT2D eigenvalue weighted by Gasteiger charge is -2.34. The third kappa shape index (κ3) is 10.2. The van der Waals surface area contributed by atoms with E-state index >= 15 is 0 Å². The van der Waals surface area contributed by atoms with E-state index in [0.717, 1.165) is 31.5 Å². The number of amidine groups is 1. The molecule has 0 amide bonds. The van der Waals surface area contributed by atoms with E-state index in [1.54, 1.807) is 6.20 Å². The number of carboxylic acid groups (broad SMARTS) is 1. The smallest absolute Gasteiger partial charge is 0.360 e. The van der Waals surface area contributed by atoms with Crippen LogP contribution in [0.1, 0.15) is 104 Å². The van der Waals surface area contributed by atoms with Gasteiger partial charge in [-0.05, 0) is 32.1 Å². The zero-order valence-electron chi connectivity index (χ0n) is 18.8. The molecule has 0 fully saturated rings. The molecule has 1 aliphatic heterocycles. The van der Waals surface area contributed by atoms with E-state index in [4.69, 9.17) is 5.73 Å². The maximum absolute atomic E-state index is 11.3. The Hall–Kier alpha value is -1.46. The molecule has 5 nitrogen and oxygen atoms in total. The van der Waals surface area contributed by atoms with Crippen LogP contribution in [0.15, 0.2) is 29.5 Å². The zero-order valence-corrected chi connectivity index (χ0v) is 18.8. The van der Waals surface area contributed by atoms with Crippen molar-refractivity contribution < 1.29 is 14.4 Å². The Morgan fingerprint density at radius 1 is 1.03 bits per heavy atom. The molecule has 0 radical (unpaired) electrons. The molecule has 29 heavy (non-hydrogen) atoms. The van der Waals surface area contributed by atoms with Crippen molar-refractivity contribution in [1.82, 2.24) is 0 Å². The number of aliphatic imine (C=N–C) groups is 1. The first-order chi connectivity index (χ1) is 14.0. The second-order valence-electron chi connectivity index (χ2n) is 8.40. The number of nitrogens with zero attached hydrogens (tertiary/aromatic N) is 2. The topological polar surface area (TPSA) is 75.7 Å². The van der Waals surface area contributed by atoms with Gasteiger partial charge >= 0.3 is 5.97 Å². The first-order valence-electron chi connectivity index (χ1n) is 11.8. The highest BCUT2D eigenvalue weighted by molar-refractivity contribution is 5.81. The minimum atomic E-state index is -0.844. The Morgan fingerprint density at radius 2 is 1.59 bits per heavy atom. The highest BCUT2D eigenvalue weighted by Gasteiger charge is 2.40. The molecule has 1 heterocycles. The van der Waals surface area contributed by atoms with Crippen LogP contribution < -0.4 is 5.73 Å². The van der Waals surface area contributed by atoms with Crippen molar-refractivity contribution in [1.29, 1.82) is 0 Å². The van der Waals surface area contributed by atoms with E-state index < -0.39 is 5.97 Å². The van der Waals surface area contributed by atoms with E-state index in [1.807, 2.05) is 13.1 Å². The predicted molar refractivity (Wildman–Crippen MR) is 122 cm³/mol. The summed E-state index contributed by atoms with van der Waals surface area (Å²) >= 11 is 0. The fourth-order valence-electron chi connectivity index (χ4n) is 3.94. The average Bonchev–Trinajstić information content (AvgIpc) is 3.08. The molecule has 1 rings (SSSR count). The van der Waals surface area contributed by atoms with Gasteiger partial charge < -0.3 is 5.11 Å². The molecule has 0 aromatic rings. The Bertz CT molecular complexity index is 540. The number of nitrogens with two attached hydrogens (primary N) is 1. The minimum Gasteiger partial charge on any atom is -0.477 e. The second-order valence-corrected chi connectivity index (χ2v) is 8.40. The first kappa shape index (κ1) is 25.6. The SMILES string of the molecule is CCCCCCCCCC/C=C/CCCCCC1=NC=C[N+]1(CC(=O)O)C(C)N. The van der Waals surface area contributed by atoms with Gasteiger partial charge in [-0.1, -0.05) is 70.4 Å². The van der Waals surface area contributed by atoms with E-state index in [1.165, 1.54) is 64.2 Å². The van der Waals surface area contributed by atoms with Crippen molar-refractivity contribution in [2.45, 2.75) is 110 Å². The van der Waals surface area contributed by atoms with E-state index in [0.29, 0.717) is 0 Å². The van der Waals surface area contributed by atoms with Crippen molar-refractivity contribution >= 4 is 11.8 Å².